The van der Waals surface area contributed by atoms with Crippen molar-refractivity contribution in [3.8, 4) is 6.07 Å². The minimum absolute atomic E-state index is 0.114. The lowest BCUT2D eigenvalue weighted by atomic mass is 9.85. The number of nitrogens with zero attached hydrogens (tertiary/aromatic N) is 1. The van der Waals surface area contributed by atoms with Crippen molar-refractivity contribution in [3.05, 3.63) is 22.9 Å². The van der Waals surface area contributed by atoms with Crippen LogP contribution >= 0.6 is 0 Å². The third-order valence-corrected chi connectivity index (χ3v) is 1.60. The molecule has 0 aromatic heterocycles. The Morgan fingerprint density at radius 2 is 2.30 bits per heavy atom. The molecule has 0 atom stereocenters. The summed E-state index contributed by atoms with van der Waals surface area (Å²) in [5, 5.41) is 8.49. The van der Waals surface area contributed by atoms with Crippen molar-refractivity contribution in [1.82, 2.24) is 0 Å². The molecule has 0 radical (unpaired) electrons. The predicted molar refractivity (Wildman–Crippen MR) is 39.6 cm³/mol. The summed E-state index contributed by atoms with van der Waals surface area (Å²) < 4.78 is 12.5. The summed E-state index contributed by atoms with van der Waals surface area (Å²) in [5.41, 5.74) is 1.48. The largest absolute Gasteiger partial charge is 0.212 e. The van der Waals surface area contributed by atoms with Gasteiger partial charge < -0.3 is 0 Å². The molecule has 3 heteroatoms. The van der Waals surface area contributed by atoms with Gasteiger partial charge in [-0.15, -0.1) is 0 Å². The van der Waals surface area contributed by atoms with E-state index in [1.54, 1.807) is 7.85 Å². The number of hydrogen-bond acceptors (Lipinski definition) is 1. The number of nitriles is 1. The zero-order chi connectivity index (χ0) is 7.56. The molecule has 0 fully saturated rings. The molecule has 0 bridgehead atoms. The minimum atomic E-state index is -0.114. The van der Waals surface area contributed by atoms with Crippen molar-refractivity contribution in [3.63, 3.8) is 0 Å². The van der Waals surface area contributed by atoms with E-state index in [-0.39, 0.29) is 5.83 Å². The molecule has 10 heavy (non-hydrogen) atoms. The van der Waals surface area contributed by atoms with E-state index in [1.165, 1.54) is 6.08 Å². The van der Waals surface area contributed by atoms with Gasteiger partial charge in [-0.3, -0.25) is 0 Å². The highest BCUT2D eigenvalue weighted by Crippen LogP contribution is 2.21. The Hall–Kier alpha value is -1.04. The monoisotopic (exact) mass is 135 g/mol. The maximum absolute atomic E-state index is 12.5. The highest BCUT2D eigenvalue weighted by atomic mass is 19.1. The van der Waals surface area contributed by atoms with Crippen molar-refractivity contribution in [2.24, 2.45) is 0 Å². The van der Waals surface area contributed by atoms with Gasteiger partial charge in [0.25, 0.3) is 0 Å². The van der Waals surface area contributed by atoms with Gasteiger partial charge in [0.2, 0.25) is 0 Å². The van der Waals surface area contributed by atoms with Crippen LogP contribution in [0.5, 0.6) is 0 Å². The highest BCUT2D eigenvalue weighted by molar-refractivity contribution is 6.24. The average Bonchev–Trinajstić information content (AvgIpc) is 1.88. The van der Waals surface area contributed by atoms with Crippen LogP contribution in [0.1, 0.15) is 12.8 Å². The van der Waals surface area contributed by atoms with Crippen molar-refractivity contribution in [2.75, 3.05) is 0 Å². The van der Waals surface area contributed by atoms with Crippen LogP contribution in [-0.4, -0.2) is 7.85 Å². The van der Waals surface area contributed by atoms with Crippen molar-refractivity contribution < 1.29 is 4.39 Å². The fourth-order valence-electron chi connectivity index (χ4n) is 0.980. The average molecular weight is 135 g/mol. The molecule has 0 saturated carbocycles. The normalized spacial score (nSPS) is 18.2. The Morgan fingerprint density at radius 1 is 1.60 bits per heavy atom. The summed E-state index contributed by atoms with van der Waals surface area (Å²) in [6, 6.07) is 2.04. The lowest BCUT2D eigenvalue weighted by Gasteiger charge is -2.06. The van der Waals surface area contributed by atoms with E-state index in [4.69, 9.17) is 5.26 Å². The van der Waals surface area contributed by atoms with Crippen molar-refractivity contribution >= 4 is 7.85 Å². The number of hydrogen-bond donors (Lipinski definition) is 0. The van der Waals surface area contributed by atoms with Crippen LogP contribution in [0.4, 0.5) is 4.39 Å². The summed E-state index contributed by atoms with van der Waals surface area (Å²) >= 11 is 0. The molecule has 0 spiro atoms. The molecule has 0 unspecified atom stereocenters. The second-order valence-corrected chi connectivity index (χ2v) is 2.36. The first kappa shape index (κ1) is 7.08. The molecular weight excluding hydrogens is 128 g/mol. The maximum Gasteiger partial charge on any atom is 0.140 e. The molecule has 0 heterocycles. The molecule has 0 aromatic rings. The molecular formula is C7H7BFN. The Balaban J connectivity index is 2.93. The van der Waals surface area contributed by atoms with Gasteiger partial charge in [0.1, 0.15) is 7.85 Å². The lowest BCUT2D eigenvalue weighted by Crippen LogP contribution is -1.94. The van der Waals surface area contributed by atoms with Gasteiger partial charge in [0.15, 0.2) is 0 Å². The Kier molecular flexibility index (Phi) is 1.91. The van der Waals surface area contributed by atoms with Gasteiger partial charge in [0, 0.05) is 12.0 Å². The molecule has 1 aliphatic rings. The number of halogens is 1. The quantitative estimate of drug-likeness (QED) is 0.455. The van der Waals surface area contributed by atoms with Crippen LogP contribution in [-0.2, 0) is 0 Å². The number of rotatable bonds is 0. The van der Waals surface area contributed by atoms with Gasteiger partial charge in [-0.2, -0.15) is 5.26 Å². The Morgan fingerprint density at radius 3 is 2.80 bits per heavy atom. The predicted octanol–water partition coefficient (Wildman–Crippen LogP) is 1.04. The first-order valence-corrected chi connectivity index (χ1v) is 3.20. The van der Waals surface area contributed by atoms with Gasteiger partial charge in [-0.25, -0.2) is 4.39 Å². The van der Waals surface area contributed by atoms with Crippen LogP contribution in [0.25, 0.3) is 0 Å². The second-order valence-electron chi connectivity index (χ2n) is 2.36. The third-order valence-electron chi connectivity index (χ3n) is 1.60. The Bertz CT molecular complexity index is 247. The SMILES string of the molecule is BC1=C(C#N)CCC(F)=C1. The van der Waals surface area contributed by atoms with E-state index < -0.39 is 0 Å². The van der Waals surface area contributed by atoms with Crippen LogP contribution in [0.3, 0.4) is 0 Å². The highest BCUT2D eigenvalue weighted by Gasteiger charge is 2.08. The second kappa shape index (κ2) is 2.70. The molecule has 1 aliphatic carbocycles. The maximum atomic E-state index is 12.5. The van der Waals surface area contributed by atoms with Crippen molar-refractivity contribution in [1.29, 1.82) is 5.26 Å². The van der Waals surface area contributed by atoms with Gasteiger partial charge in [-0.05, 0) is 12.5 Å². The van der Waals surface area contributed by atoms with Crippen LogP contribution < -0.4 is 0 Å². The molecule has 0 aromatic carbocycles. The molecule has 0 amide bonds. The van der Waals surface area contributed by atoms with E-state index in [2.05, 4.69) is 0 Å². The third kappa shape index (κ3) is 1.27. The van der Waals surface area contributed by atoms with Gasteiger partial charge in [0.05, 0.1) is 11.9 Å². The summed E-state index contributed by atoms with van der Waals surface area (Å²) in [6.45, 7) is 0. The standard InChI is InChI=1S/C7H7BFN/c8-7-3-6(9)2-1-5(7)4-10/h3H,1-2,8H2. The molecule has 50 valence electrons. The van der Waals surface area contributed by atoms with E-state index in [1.807, 2.05) is 6.07 Å². The smallest absolute Gasteiger partial charge is 0.140 e. The number of allylic oxidation sites excluding steroid dienone is 4. The molecule has 1 nitrogen and oxygen atoms in total. The Labute approximate surface area is 60.3 Å². The van der Waals surface area contributed by atoms with E-state index in [0.29, 0.717) is 18.4 Å². The minimum Gasteiger partial charge on any atom is -0.212 e. The van der Waals surface area contributed by atoms with Gasteiger partial charge in [-0.1, -0.05) is 5.47 Å². The van der Waals surface area contributed by atoms with Crippen LogP contribution in [0, 0.1) is 11.3 Å². The summed E-state index contributed by atoms with van der Waals surface area (Å²) in [5.74, 6) is -0.114. The first-order chi connectivity index (χ1) is 4.74. The summed E-state index contributed by atoms with van der Waals surface area (Å²) in [7, 11) is 1.76. The molecule has 0 N–H and O–H groups in total. The molecule has 1 rings (SSSR count). The fourth-order valence-corrected chi connectivity index (χ4v) is 0.980. The summed E-state index contributed by atoms with van der Waals surface area (Å²) in [6.07, 6.45) is 2.38. The summed E-state index contributed by atoms with van der Waals surface area (Å²) in [4.78, 5) is 0. The van der Waals surface area contributed by atoms with E-state index >= 15 is 0 Å². The fraction of sp³-hybridized carbons (Fsp3) is 0.286. The van der Waals surface area contributed by atoms with Crippen LogP contribution in [0.2, 0.25) is 0 Å². The first-order valence-electron chi connectivity index (χ1n) is 3.20. The topological polar surface area (TPSA) is 23.8 Å². The van der Waals surface area contributed by atoms with E-state index in [9.17, 15) is 4.39 Å². The molecule has 0 saturated heterocycles. The van der Waals surface area contributed by atoms with Crippen molar-refractivity contribution in [2.45, 2.75) is 12.8 Å². The zero-order valence-corrected chi connectivity index (χ0v) is 5.82. The van der Waals surface area contributed by atoms with Crippen LogP contribution in [0.15, 0.2) is 22.9 Å². The molecule has 0 aliphatic heterocycles. The zero-order valence-electron chi connectivity index (χ0n) is 5.82. The lowest BCUT2D eigenvalue weighted by molar-refractivity contribution is 0.583. The van der Waals surface area contributed by atoms with Gasteiger partial charge >= 0.3 is 0 Å². The van der Waals surface area contributed by atoms with E-state index in [0.717, 1.165) is 5.47 Å².